The summed E-state index contributed by atoms with van der Waals surface area (Å²) in [5.41, 5.74) is 6.07. The van der Waals surface area contributed by atoms with Crippen LogP contribution in [-0.2, 0) is 14.8 Å². The fraction of sp³-hybridized carbons (Fsp3) is 0.929. The third kappa shape index (κ3) is 3.96. The van der Waals surface area contributed by atoms with E-state index in [1.807, 2.05) is 6.92 Å². The highest BCUT2D eigenvalue weighted by atomic mass is 32.2. The number of carbonyl (C=O) groups is 1. The Bertz CT molecular complexity index is 458. The van der Waals surface area contributed by atoms with Crippen LogP contribution in [0.3, 0.4) is 0 Å². The van der Waals surface area contributed by atoms with Gasteiger partial charge in [0.15, 0.2) is 0 Å². The van der Waals surface area contributed by atoms with Crippen LogP contribution in [0, 0.1) is 5.92 Å². The molecule has 0 bridgehead atoms. The predicted molar refractivity (Wildman–Crippen MR) is 82.2 cm³/mol. The lowest BCUT2D eigenvalue weighted by atomic mass is 9.84. The van der Waals surface area contributed by atoms with Gasteiger partial charge in [-0.15, -0.1) is 0 Å². The number of sulfonamides is 1. The van der Waals surface area contributed by atoms with Gasteiger partial charge in [0.05, 0.1) is 11.7 Å². The van der Waals surface area contributed by atoms with Gasteiger partial charge in [0.1, 0.15) is 0 Å². The zero-order valence-electron chi connectivity index (χ0n) is 12.8. The Labute approximate surface area is 127 Å². The highest BCUT2D eigenvalue weighted by Crippen LogP contribution is 2.25. The predicted octanol–water partition coefficient (Wildman–Crippen LogP) is 0.388. The molecule has 122 valence electrons. The molecule has 1 heterocycles. The first-order valence-corrected chi connectivity index (χ1v) is 9.59. The highest BCUT2D eigenvalue weighted by molar-refractivity contribution is 7.89. The lowest BCUT2D eigenvalue weighted by Gasteiger charge is -2.38. The number of carbonyl (C=O) groups excluding carboxylic acids is 1. The average molecular weight is 317 g/mol. The van der Waals surface area contributed by atoms with Crippen molar-refractivity contribution < 1.29 is 13.2 Å². The zero-order chi connectivity index (χ0) is 15.5. The minimum Gasteiger partial charge on any atom is -0.340 e. The fourth-order valence-electron chi connectivity index (χ4n) is 3.27. The summed E-state index contributed by atoms with van der Waals surface area (Å²) in [5, 5.41) is 0. The molecule has 21 heavy (non-hydrogen) atoms. The third-order valence-corrected chi connectivity index (χ3v) is 6.62. The molecule has 2 rings (SSSR count). The van der Waals surface area contributed by atoms with Crippen molar-refractivity contribution in [1.82, 2.24) is 9.21 Å². The Hall–Kier alpha value is -0.660. The Morgan fingerprint density at radius 3 is 2.33 bits per heavy atom. The number of nitrogens with two attached hydrogens (primary N) is 1. The molecule has 0 radical (unpaired) electrons. The van der Waals surface area contributed by atoms with E-state index in [1.165, 1.54) is 4.31 Å². The summed E-state index contributed by atoms with van der Waals surface area (Å²) in [4.78, 5) is 14.3. The van der Waals surface area contributed by atoms with Crippen LogP contribution < -0.4 is 5.73 Å². The van der Waals surface area contributed by atoms with Gasteiger partial charge in [0.25, 0.3) is 0 Å². The van der Waals surface area contributed by atoms with Gasteiger partial charge in [0, 0.05) is 32.2 Å². The lowest BCUT2D eigenvalue weighted by Crippen LogP contribution is -2.54. The number of piperazine rings is 1. The van der Waals surface area contributed by atoms with E-state index in [0.717, 1.165) is 25.7 Å². The van der Waals surface area contributed by atoms with Gasteiger partial charge >= 0.3 is 0 Å². The average Bonchev–Trinajstić information content (AvgIpc) is 2.47. The largest absolute Gasteiger partial charge is 0.340 e. The van der Waals surface area contributed by atoms with Crippen molar-refractivity contribution in [2.24, 2.45) is 11.7 Å². The Balaban J connectivity index is 1.90. The van der Waals surface area contributed by atoms with Crippen molar-refractivity contribution in [2.75, 3.05) is 31.9 Å². The molecule has 1 amide bonds. The number of hydrogen-bond acceptors (Lipinski definition) is 4. The topological polar surface area (TPSA) is 83.7 Å². The van der Waals surface area contributed by atoms with Crippen LogP contribution in [0.5, 0.6) is 0 Å². The summed E-state index contributed by atoms with van der Waals surface area (Å²) in [6, 6.07) is -0.0342. The van der Waals surface area contributed by atoms with Crippen LogP contribution in [0.2, 0.25) is 0 Å². The Kier molecular flexibility index (Phi) is 5.62. The van der Waals surface area contributed by atoms with Gasteiger partial charge < -0.3 is 10.6 Å². The molecule has 0 aromatic heterocycles. The molecule has 6 nitrogen and oxygen atoms in total. The maximum atomic E-state index is 12.5. The van der Waals surface area contributed by atoms with E-state index in [9.17, 15) is 13.2 Å². The van der Waals surface area contributed by atoms with E-state index in [0.29, 0.717) is 32.6 Å². The van der Waals surface area contributed by atoms with Gasteiger partial charge in [-0.1, -0.05) is 19.8 Å². The molecule has 1 saturated carbocycles. The van der Waals surface area contributed by atoms with Crippen molar-refractivity contribution in [3.8, 4) is 0 Å². The molecule has 0 spiro atoms. The van der Waals surface area contributed by atoms with Crippen molar-refractivity contribution in [2.45, 2.75) is 45.1 Å². The summed E-state index contributed by atoms with van der Waals surface area (Å²) < 4.78 is 25.6. The van der Waals surface area contributed by atoms with Crippen LogP contribution in [0.1, 0.15) is 39.0 Å². The van der Waals surface area contributed by atoms with Crippen molar-refractivity contribution in [1.29, 1.82) is 0 Å². The number of nitrogens with zero attached hydrogens (tertiary/aromatic N) is 2. The monoisotopic (exact) mass is 317 g/mol. The minimum atomic E-state index is -3.15. The third-order valence-electron chi connectivity index (χ3n) is 4.54. The minimum absolute atomic E-state index is 0.0342. The molecule has 2 unspecified atom stereocenters. The van der Waals surface area contributed by atoms with Gasteiger partial charge in [0.2, 0.25) is 15.9 Å². The molecule has 0 aromatic carbocycles. The zero-order valence-corrected chi connectivity index (χ0v) is 13.6. The van der Waals surface area contributed by atoms with E-state index in [-0.39, 0.29) is 23.6 Å². The number of hydrogen-bond donors (Lipinski definition) is 1. The number of amides is 1. The van der Waals surface area contributed by atoms with E-state index >= 15 is 0 Å². The molecule has 2 aliphatic rings. The van der Waals surface area contributed by atoms with Gasteiger partial charge in [-0.25, -0.2) is 8.42 Å². The van der Waals surface area contributed by atoms with E-state index < -0.39 is 10.0 Å². The van der Waals surface area contributed by atoms with Crippen molar-refractivity contribution >= 4 is 15.9 Å². The van der Waals surface area contributed by atoms with Crippen LogP contribution in [-0.4, -0.2) is 61.5 Å². The van der Waals surface area contributed by atoms with Crippen molar-refractivity contribution in [3.63, 3.8) is 0 Å². The lowest BCUT2D eigenvalue weighted by molar-refractivity contribution is -0.138. The molecule has 7 heteroatoms. The fourth-order valence-corrected chi connectivity index (χ4v) is 4.77. The van der Waals surface area contributed by atoms with Crippen LogP contribution in [0.4, 0.5) is 0 Å². The number of rotatable bonds is 4. The SMILES string of the molecule is CCCS(=O)(=O)N1CCN(C(=O)C2CCCCC2N)CC1. The molecule has 1 aliphatic heterocycles. The molecule has 1 aliphatic carbocycles. The molecular weight excluding hydrogens is 290 g/mol. The second-order valence-corrected chi connectivity index (χ2v) is 8.18. The smallest absolute Gasteiger partial charge is 0.227 e. The molecule has 1 saturated heterocycles. The highest BCUT2D eigenvalue weighted by Gasteiger charge is 2.34. The Morgan fingerprint density at radius 2 is 1.76 bits per heavy atom. The maximum Gasteiger partial charge on any atom is 0.227 e. The first-order valence-electron chi connectivity index (χ1n) is 7.98. The normalized spacial score (nSPS) is 28.6. The summed E-state index contributed by atoms with van der Waals surface area (Å²) in [5.74, 6) is 0.237. The summed E-state index contributed by atoms with van der Waals surface area (Å²) in [7, 11) is -3.15. The van der Waals surface area contributed by atoms with Gasteiger partial charge in [-0.2, -0.15) is 4.31 Å². The second-order valence-electron chi connectivity index (χ2n) is 6.10. The van der Waals surface area contributed by atoms with Gasteiger partial charge in [-0.3, -0.25) is 4.79 Å². The first-order chi connectivity index (χ1) is 9.95. The van der Waals surface area contributed by atoms with E-state index in [1.54, 1.807) is 4.90 Å². The molecule has 2 N–H and O–H groups in total. The Morgan fingerprint density at radius 1 is 1.14 bits per heavy atom. The second kappa shape index (κ2) is 7.07. The molecular formula is C14H27N3O3S. The summed E-state index contributed by atoms with van der Waals surface area (Å²) in [6.45, 7) is 3.67. The molecule has 2 atom stereocenters. The van der Waals surface area contributed by atoms with E-state index in [2.05, 4.69) is 0 Å². The van der Waals surface area contributed by atoms with Crippen LogP contribution >= 0.6 is 0 Å². The standard InChI is InChI=1S/C14H27N3O3S/c1-2-11-21(19,20)17-9-7-16(8-10-17)14(18)12-5-3-4-6-13(12)15/h12-13H,2-11,15H2,1H3. The molecule has 2 fully saturated rings. The summed E-state index contributed by atoms with van der Waals surface area (Å²) >= 11 is 0. The molecule has 0 aromatic rings. The van der Waals surface area contributed by atoms with Crippen LogP contribution in [0.15, 0.2) is 0 Å². The van der Waals surface area contributed by atoms with Crippen molar-refractivity contribution in [3.05, 3.63) is 0 Å². The first kappa shape index (κ1) is 16.7. The summed E-state index contributed by atoms with van der Waals surface area (Å²) in [6.07, 6.45) is 4.58. The maximum absolute atomic E-state index is 12.5. The van der Waals surface area contributed by atoms with Crippen LogP contribution in [0.25, 0.3) is 0 Å². The van der Waals surface area contributed by atoms with E-state index in [4.69, 9.17) is 5.73 Å². The quantitative estimate of drug-likeness (QED) is 0.813. The van der Waals surface area contributed by atoms with Gasteiger partial charge in [-0.05, 0) is 19.3 Å².